The van der Waals surface area contributed by atoms with Crippen LogP contribution in [0.15, 0.2) is 0 Å². The van der Waals surface area contributed by atoms with Crippen LogP contribution < -0.4 is 10.6 Å². The maximum atomic E-state index is 3.95. The van der Waals surface area contributed by atoms with E-state index in [1.54, 1.807) is 0 Å². The third-order valence-electron chi connectivity index (χ3n) is 5.00. The molecule has 1 aliphatic heterocycles. The van der Waals surface area contributed by atoms with Gasteiger partial charge in [-0.2, -0.15) is 0 Å². The largest absolute Gasteiger partial charge is 0.312 e. The first-order valence-electron chi connectivity index (χ1n) is 7.81. The molecule has 2 N–H and O–H groups in total. The molecule has 0 spiro atoms. The van der Waals surface area contributed by atoms with Gasteiger partial charge in [-0.15, -0.1) is 0 Å². The van der Waals surface area contributed by atoms with Gasteiger partial charge in [0.25, 0.3) is 0 Å². The van der Waals surface area contributed by atoms with Crippen LogP contribution in [-0.4, -0.2) is 24.7 Å². The zero-order valence-electron chi connectivity index (χ0n) is 11.3. The summed E-state index contributed by atoms with van der Waals surface area (Å²) in [6.45, 7) is 4.78. The lowest BCUT2D eigenvalue weighted by Gasteiger charge is -2.32. The third-order valence-corrected chi connectivity index (χ3v) is 5.00. The Hall–Kier alpha value is -0.0800. The van der Waals surface area contributed by atoms with E-state index in [-0.39, 0.29) is 0 Å². The molecular formula is C15H28N2. The fourth-order valence-corrected chi connectivity index (χ4v) is 3.74. The summed E-state index contributed by atoms with van der Waals surface area (Å²) in [5.41, 5.74) is 0.441. The highest BCUT2D eigenvalue weighted by atomic mass is 15.1. The first-order valence-corrected chi connectivity index (χ1v) is 7.81. The highest BCUT2D eigenvalue weighted by Crippen LogP contribution is 2.44. The van der Waals surface area contributed by atoms with Gasteiger partial charge in [0.05, 0.1) is 0 Å². The molecule has 0 radical (unpaired) electrons. The molecule has 1 unspecified atom stereocenters. The fraction of sp³-hybridized carbons (Fsp3) is 1.00. The molecule has 1 heterocycles. The van der Waals surface area contributed by atoms with Crippen molar-refractivity contribution in [3.8, 4) is 0 Å². The van der Waals surface area contributed by atoms with Gasteiger partial charge in [-0.1, -0.05) is 13.3 Å². The van der Waals surface area contributed by atoms with Crippen molar-refractivity contribution in [1.29, 1.82) is 0 Å². The Morgan fingerprint density at radius 1 is 1.24 bits per heavy atom. The zero-order chi connectivity index (χ0) is 11.7. The van der Waals surface area contributed by atoms with Crippen LogP contribution >= 0.6 is 0 Å². The van der Waals surface area contributed by atoms with Crippen molar-refractivity contribution < 1.29 is 0 Å². The molecule has 17 heavy (non-hydrogen) atoms. The summed E-state index contributed by atoms with van der Waals surface area (Å²) in [6, 6.07) is 0.867. The standard InChI is InChI=1S/C15H28N2/c1-2-8-15(9-3-10-17-15)11-16-14(12-4-5-12)13-6-7-13/h12-14,16-17H,2-11H2,1H3. The average molecular weight is 236 g/mol. The first-order chi connectivity index (χ1) is 8.33. The lowest BCUT2D eigenvalue weighted by atomic mass is 9.91. The first kappa shape index (κ1) is 12.0. The molecular weight excluding hydrogens is 208 g/mol. The minimum atomic E-state index is 0.441. The van der Waals surface area contributed by atoms with Gasteiger partial charge in [0.2, 0.25) is 0 Å². The van der Waals surface area contributed by atoms with Gasteiger partial charge in [-0.3, -0.25) is 0 Å². The van der Waals surface area contributed by atoms with E-state index >= 15 is 0 Å². The molecule has 3 fully saturated rings. The van der Waals surface area contributed by atoms with Gasteiger partial charge in [-0.05, 0) is 63.3 Å². The molecule has 98 valence electrons. The molecule has 0 aromatic rings. The third kappa shape index (κ3) is 2.85. The number of hydrogen-bond acceptors (Lipinski definition) is 2. The second-order valence-corrected chi connectivity index (χ2v) is 6.64. The van der Waals surface area contributed by atoms with Crippen LogP contribution in [0.3, 0.4) is 0 Å². The Labute approximate surface area is 106 Å². The SMILES string of the molecule is CCCC1(CNC(C2CC2)C2CC2)CCCN1. The van der Waals surface area contributed by atoms with E-state index in [9.17, 15) is 0 Å². The summed E-state index contributed by atoms with van der Waals surface area (Å²) in [5, 5.41) is 7.73. The Bertz CT molecular complexity index is 238. The molecule has 0 aromatic carbocycles. The summed E-state index contributed by atoms with van der Waals surface area (Å²) in [6.07, 6.45) is 11.4. The molecule has 2 nitrogen and oxygen atoms in total. The van der Waals surface area contributed by atoms with Gasteiger partial charge in [-0.25, -0.2) is 0 Å². The minimum Gasteiger partial charge on any atom is -0.312 e. The second-order valence-electron chi connectivity index (χ2n) is 6.64. The van der Waals surface area contributed by atoms with Gasteiger partial charge in [0.15, 0.2) is 0 Å². The predicted octanol–water partition coefficient (Wildman–Crippen LogP) is 2.69. The quantitative estimate of drug-likeness (QED) is 0.710. The van der Waals surface area contributed by atoms with Crippen LogP contribution in [0.1, 0.15) is 58.3 Å². The fourth-order valence-electron chi connectivity index (χ4n) is 3.74. The second kappa shape index (κ2) is 4.89. The van der Waals surface area contributed by atoms with Crippen molar-refractivity contribution >= 4 is 0 Å². The summed E-state index contributed by atoms with van der Waals surface area (Å²) in [5.74, 6) is 2.06. The van der Waals surface area contributed by atoms with Crippen LogP contribution in [0.5, 0.6) is 0 Å². The van der Waals surface area contributed by atoms with E-state index in [0.29, 0.717) is 5.54 Å². The summed E-state index contributed by atoms with van der Waals surface area (Å²) < 4.78 is 0. The van der Waals surface area contributed by atoms with Crippen molar-refractivity contribution in [3.63, 3.8) is 0 Å². The maximum absolute atomic E-state index is 3.95. The Kier molecular flexibility index (Phi) is 3.45. The highest BCUT2D eigenvalue weighted by Gasteiger charge is 2.42. The molecule has 3 rings (SSSR count). The Morgan fingerprint density at radius 2 is 1.94 bits per heavy atom. The highest BCUT2D eigenvalue weighted by molar-refractivity contribution is 5.00. The molecule has 2 saturated carbocycles. The van der Waals surface area contributed by atoms with Crippen molar-refractivity contribution in [2.24, 2.45) is 11.8 Å². The van der Waals surface area contributed by atoms with Crippen LogP contribution in [0.4, 0.5) is 0 Å². The minimum absolute atomic E-state index is 0.441. The van der Waals surface area contributed by atoms with Crippen molar-refractivity contribution in [3.05, 3.63) is 0 Å². The summed E-state index contributed by atoms with van der Waals surface area (Å²) in [7, 11) is 0. The normalized spacial score (nSPS) is 33.5. The molecule has 0 bridgehead atoms. The monoisotopic (exact) mass is 236 g/mol. The zero-order valence-corrected chi connectivity index (χ0v) is 11.3. The van der Waals surface area contributed by atoms with Crippen molar-refractivity contribution in [1.82, 2.24) is 10.6 Å². The smallest absolute Gasteiger partial charge is 0.0306 e. The van der Waals surface area contributed by atoms with Crippen LogP contribution in [0.25, 0.3) is 0 Å². The number of nitrogens with one attached hydrogen (secondary N) is 2. The molecule has 1 saturated heterocycles. The van der Waals surface area contributed by atoms with Crippen molar-refractivity contribution in [2.75, 3.05) is 13.1 Å². The number of rotatable bonds is 7. The predicted molar refractivity (Wildman–Crippen MR) is 72.1 cm³/mol. The summed E-state index contributed by atoms with van der Waals surface area (Å²) in [4.78, 5) is 0. The molecule has 2 aliphatic carbocycles. The average Bonchev–Trinajstić information content (AvgIpc) is 3.22. The molecule has 1 atom stereocenters. The van der Waals surface area contributed by atoms with Crippen molar-refractivity contribution in [2.45, 2.75) is 69.9 Å². The van der Waals surface area contributed by atoms with E-state index in [0.717, 1.165) is 17.9 Å². The van der Waals surface area contributed by atoms with Crippen LogP contribution in [0.2, 0.25) is 0 Å². The van der Waals surface area contributed by atoms with Gasteiger partial charge in [0.1, 0.15) is 0 Å². The Balaban J connectivity index is 1.53. The van der Waals surface area contributed by atoms with E-state index in [1.165, 1.54) is 64.5 Å². The van der Waals surface area contributed by atoms with E-state index in [1.807, 2.05) is 0 Å². The van der Waals surface area contributed by atoms with Gasteiger partial charge in [0, 0.05) is 18.1 Å². The number of hydrogen-bond donors (Lipinski definition) is 2. The molecule has 0 aromatic heterocycles. The molecule has 0 amide bonds. The van der Waals surface area contributed by atoms with E-state index in [2.05, 4.69) is 17.6 Å². The van der Waals surface area contributed by atoms with Gasteiger partial charge < -0.3 is 10.6 Å². The van der Waals surface area contributed by atoms with Crippen LogP contribution in [0, 0.1) is 11.8 Å². The lowest BCUT2D eigenvalue weighted by Crippen LogP contribution is -2.51. The summed E-state index contributed by atoms with van der Waals surface area (Å²) >= 11 is 0. The van der Waals surface area contributed by atoms with E-state index in [4.69, 9.17) is 0 Å². The lowest BCUT2D eigenvalue weighted by molar-refractivity contribution is 0.290. The van der Waals surface area contributed by atoms with E-state index < -0.39 is 0 Å². The topological polar surface area (TPSA) is 24.1 Å². The Morgan fingerprint density at radius 3 is 2.41 bits per heavy atom. The van der Waals surface area contributed by atoms with Crippen LogP contribution in [-0.2, 0) is 0 Å². The maximum Gasteiger partial charge on any atom is 0.0306 e. The van der Waals surface area contributed by atoms with Gasteiger partial charge >= 0.3 is 0 Å². The molecule has 2 heteroatoms. The molecule has 3 aliphatic rings.